The van der Waals surface area contributed by atoms with Crippen LogP contribution in [0.2, 0.25) is 0 Å². The van der Waals surface area contributed by atoms with Gasteiger partial charge in [0.15, 0.2) is 0 Å². The molecule has 1 aromatic heterocycles. The molecule has 0 saturated carbocycles. The summed E-state index contributed by atoms with van der Waals surface area (Å²) in [6.07, 6.45) is -0.740. The number of ether oxygens (including phenoxy) is 3. The largest absolute Gasteiger partial charge is 0.497 e. The van der Waals surface area contributed by atoms with E-state index in [1.165, 1.54) is 6.07 Å². The molecule has 4 aromatic rings. The Morgan fingerprint density at radius 2 is 1.71 bits per heavy atom. The second-order valence-electron chi connectivity index (χ2n) is 7.66. The normalized spacial score (nSPS) is 10.6. The Labute approximate surface area is 201 Å². The average Bonchev–Trinajstić information content (AvgIpc) is 2.88. The van der Waals surface area contributed by atoms with Crippen molar-refractivity contribution in [3.8, 4) is 22.6 Å². The number of benzene rings is 3. The first-order valence-corrected chi connectivity index (χ1v) is 10.8. The number of rotatable bonds is 7. The van der Waals surface area contributed by atoms with Gasteiger partial charge < -0.3 is 23.9 Å². The van der Waals surface area contributed by atoms with Crippen LogP contribution in [0.3, 0.4) is 0 Å². The minimum Gasteiger partial charge on any atom is -0.497 e. The smallest absolute Gasteiger partial charge is 0.407 e. The van der Waals surface area contributed by atoms with Crippen LogP contribution < -0.4 is 20.4 Å². The highest BCUT2D eigenvalue weighted by Gasteiger charge is 2.16. The lowest BCUT2D eigenvalue weighted by atomic mass is 10.00. The number of esters is 1. The van der Waals surface area contributed by atoms with Crippen molar-refractivity contribution in [2.24, 2.45) is 0 Å². The van der Waals surface area contributed by atoms with Gasteiger partial charge >= 0.3 is 17.7 Å². The van der Waals surface area contributed by atoms with Crippen LogP contribution in [0.5, 0.6) is 11.5 Å². The summed E-state index contributed by atoms with van der Waals surface area (Å²) in [5.74, 6) is 0.221. The number of carbonyl (C=O) groups excluding carboxylic acids is 2. The lowest BCUT2D eigenvalue weighted by molar-refractivity contribution is -0.133. The third-order valence-electron chi connectivity index (χ3n) is 5.33. The molecule has 8 heteroatoms. The molecular formula is C27H23NO7. The van der Waals surface area contributed by atoms with Crippen molar-refractivity contribution < 1.29 is 28.2 Å². The quantitative estimate of drug-likeness (QED) is 0.237. The van der Waals surface area contributed by atoms with Crippen LogP contribution in [0.15, 0.2) is 82.0 Å². The summed E-state index contributed by atoms with van der Waals surface area (Å²) in [5, 5.41) is 3.05. The molecule has 1 N–H and O–H groups in total. The fourth-order valence-corrected chi connectivity index (χ4v) is 3.54. The molecule has 0 fully saturated rings. The van der Waals surface area contributed by atoms with Crippen molar-refractivity contribution >= 4 is 23.0 Å². The molecular weight excluding hydrogens is 450 g/mol. The van der Waals surface area contributed by atoms with E-state index in [1.807, 2.05) is 42.5 Å². The number of aryl methyl sites for hydroxylation is 1. The van der Waals surface area contributed by atoms with Gasteiger partial charge in [0.25, 0.3) is 0 Å². The van der Waals surface area contributed by atoms with Gasteiger partial charge in [-0.3, -0.25) is 0 Å². The van der Waals surface area contributed by atoms with Gasteiger partial charge in [0.1, 0.15) is 30.2 Å². The zero-order chi connectivity index (χ0) is 24.8. The number of carbonyl (C=O) groups is 2. The second-order valence-corrected chi connectivity index (χ2v) is 7.66. The SMILES string of the molecule is COc1ccc(-c2cc(=O)oc3c(C)c(OC(=O)CNC(=O)OCc4ccccc4)ccc23)cc1. The molecule has 0 aliphatic heterocycles. The molecule has 0 radical (unpaired) electrons. The Balaban J connectivity index is 1.46. The molecule has 8 nitrogen and oxygen atoms in total. The van der Waals surface area contributed by atoms with E-state index in [2.05, 4.69) is 5.32 Å². The predicted octanol–water partition coefficient (Wildman–Crippen LogP) is 4.61. The Hall–Kier alpha value is -4.59. The summed E-state index contributed by atoms with van der Waals surface area (Å²) < 4.78 is 21.1. The second kappa shape index (κ2) is 10.6. The van der Waals surface area contributed by atoms with Crippen molar-refractivity contribution in [1.82, 2.24) is 5.32 Å². The third kappa shape index (κ3) is 5.67. The number of amides is 1. The molecule has 0 bridgehead atoms. The van der Waals surface area contributed by atoms with Crippen molar-refractivity contribution in [3.63, 3.8) is 0 Å². The molecule has 1 amide bonds. The zero-order valence-corrected chi connectivity index (χ0v) is 19.2. The van der Waals surface area contributed by atoms with E-state index in [4.69, 9.17) is 18.6 Å². The topological polar surface area (TPSA) is 104 Å². The van der Waals surface area contributed by atoms with Crippen LogP contribution in [0.1, 0.15) is 11.1 Å². The zero-order valence-electron chi connectivity index (χ0n) is 19.2. The van der Waals surface area contributed by atoms with E-state index in [-0.39, 0.29) is 18.9 Å². The van der Waals surface area contributed by atoms with Gasteiger partial charge in [-0.2, -0.15) is 0 Å². The lowest BCUT2D eigenvalue weighted by Gasteiger charge is -2.12. The van der Waals surface area contributed by atoms with E-state index in [1.54, 1.807) is 38.3 Å². The van der Waals surface area contributed by atoms with Crippen LogP contribution in [-0.4, -0.2) is 25.7 Å². The Bertz CT molecular complexity index is 1410. The molecule has 3 aromatic carbocycles. The first kappa shape index (κ1) is 23.6. The molecule has 0 atom stereocenters. The molecule has 178 valence electrons. The van der Waals surface area contributed by atoms with E-state index in [9.17, 15) is 14.4 Å². The maximum Gasteiger partial charge on any atom is 0.407 e. The van der Waals surface area contributed by atoms with Crippen molar-refractivity contribution in [2.45, 2.75) is 13.5 Å². The number of fused-ring (bicyclic) bond motifs is 1. The highest BCUT2D eigenvalue weighted by atomic mass is 16.6. The lowest BCUT2D eigenvalue weighted by Crippen LogP contribution is -2.32. The van der Waals surface area contributed by atoms with E-state index in [0.29, 0.717) is 27.8 Å². The summed E-state index contributed by atoms with van der Waals surface area (Å²) in [5.41, 5.74) is 2.58. The van der Waals surface area contributed by atoms with E-state index < -0.39 is 17.7 Å². The van der Waals surface area contributed by atoms with Crippen LogP contribution in [-0.2, 0) is 16.1 Å². The molecule has 4 rings (SSSR count). The maximum atomic E-state index is 12.3. The van der Waals surface area contributed by atoms with Gasteiger partial charge in [-0.25, -0.2) is 14.4 Å². The monoisotopic (exact) mass is 473 g/mol. The number of methoxy groups -OCH3 is 1. The highest BCUT2D eigenvalue weighted by Crippen LogP contribution is 2.33. The van der Waals surface area contributed by atoms with Crippen molar-refractivity contribution in [1.29, 1.82) is 0 Å². The number of hydrogen-bond acceptors (Lipinski definition) is 7. The summed E-state index contributed by atoms with van der Waals surface area (Å²) in [6, 6.07) is 21.2. The summed E-state index contributed by atoms with van der Waals surface area (Å²) in [4.78, 5) is 36.4. The summed E-state index contributed by atoms with van der Waals surface area (Å²) in [7, 11) is 1.58. The first-order chi connectivity index (χ1) is 16.9. The minimum absolute atomic E-state index is 0.0844. The predicted molar refractivity (Wildman–Crippen MR) is 129 cm³/mol. The van der Waals surface area contributed by atoms with Gasteiger partial charge in [-0.1, -0.05) is 42.5 Å². The van der Waals surface area contributed by atoms with Crippen LogP contribution in [0.4, 0.5) is 4.79 Å². The average molecular weight is 473 g/mol. The number of hydrogen-bond donors (Lipinski definition) is 1. The molecule has 0 unspecified atom stereocenters. The summed E-state index contributed by atoms with van der Waals surface area (Å²) >= 11 is 0. The molecule has 0 spiro atoms. The number of nitrogens with one attached hydrogen (secondary N) is 1. The van der Waals surface area contributed by atoms with Gasteiger partial charge in [-0.15, -0.1) is 0 Å². The standard InChI is InChI=1S/C27H23NO7/c1-17-23(34-25(30)15-28-27(31)33-16-18-6-4-3-5-7-18)13-12-21-22(14-24(29)35-26(17)21)19-8-10-20(32-2)11-9-19/h3-14H,15-16H2,1-2H3,(H,28,31). The van der Waals surface area contributed by atoms with Gasteiger partial charge in [0, 0.05) is 17.0 Å². The van der Waals surface area contributed by atoms with Crippen LogP contribution in [0.25, 0.3) is 22.1 Å². The van der Waals surface area contributed by atoms with Crippen LogP contribution >= 0.6 is 0 Å². The Morgan fingerprint density at radius 1 is 0.971 bits per heavy atom. The van der Waals surface area contributed by atoms with Gasteiger partial charge in [-0.05, 0) is 47.9 Å². The molecule has 35 heavy (non-hydrogen) atoms. The Morgan fingerprint density at radius 3 is 2.43 bits per heavy atom. The Kier molecular flexibility index (Phi) is 7.11. The molecule has 1 heterocycles. The van der Waals surface area contributed by atoms with Gasteiger partial charge in [0.05, 0.1) is 7.11 Å². The molecule has 0 aliphatic rings. The highest BCUT2D eigenvalue weighted by molar-refractivity contribution is 5.96. The van der Waals surface area contributed by atoms with Crippen molar-refractivity contribution in [2.75, 3.05) is 13.7 Å². The van der Waals surface area contributed by atoms with Crippen LogP contribution in [0, 0.1) is 6.92 Å². The van der Waals surface area contributed by atoms with Gasteiger partial charge in [0.2, 0.25) is 0 Å². The minimum atomic E-state index is -0.740. The summed E-state index contributed by atoms with van der Waals surface area (Å²) in [6.45, 7) is 1.38. The fraction of sp³-hybridized carbons (Fsp3) is 0.148. The van der Waals surface area contributed by atoms with E-state index in [0.717, 1.165) is 11.1 Å². The fourth-order valence-electron chi connectivity index (χ4n) is 3.54. The first-order valence-electron chi connectivity index (χ1n) is 10.8. The molecule has 0 saturated heterocycles. The third-order valence-corrected chi connectivity index (χ3v) is 5.33. The number of alkyl carbamates (subject to hydrolysis) is 1. The maximum absolute atomic E-state index is 12.3. The van der Waals surface area contributed by atoms with E-state index >= 15 is 0 Å². The molecule has 0 aliphatic carbocycles. The van der Waals surface area contributed by atoms with Crippen molar-refractivity contribution in [3.05, 3.63) is 94.3 Å².